The Balaban J connectivity index is 2.12. The minimum Gasteiger partial charge on any atom is -0.369 e. The van der Waals surface area contributed by atoms with Crippen LogP contribution in [-0.2, 0) is 11.3 Å². The van der Waals surface area contributed by atoms with Crippen LogP contribution in [0.1, 0.15) is 32.8 Å². The minimum atomic E-state index is 0.0367. The van der Waals surface area contributed by atoms with Gasteiger partial charge in [-0.15, -0.1) is 0 Å². The van der Waals surface area contributed by atoms with E-state index in [9.17, 15) is 4.79 Å². The van der Waals surface area contributed by atoms with Gasteiger partial charge >= 0.3 is 0 Å². The van der Waals surface area contributed by atoms with E-state index in [2.05, 4.69) is 35.4 Å². The summed E-state index contributed by atoms with van der Waals surface area (Å²) in [5.41, 5.74) is 2.31. The summed E-state index contributed by atoms with van der Waals surface area (Å²) in [6, 6.07) is 6.68. The number of anilines is 1. The van der Waals surface area contributed by atoms with Crippen LogP contribution in [0.3, 0.4) is 0 Å². The van der Waals surface area contributed by atoms with E-state index in [0.29, 0.717) is 6.04 Å². The normalized spacial score (nSPS) is 18.3. The molecule has 0 aromatic heterocycles. The zero-order valence-corrected chi connectivity index (χ0v) is 13.7. The molecule has 1 atom stereocenters. The molecule has 2 N–H and O–H groups in total. The highest BCUT2D eigenvalue weighted by Gasteiger charge is 2.25. The molecule has 1 heterocycles. The first-order valence-corrected chi connectivity index (χ1v) is 7.88. The van der Waals surface area contributed by atoms with Crippen molar-refractivity contribution in [3.05, 3.63) is 28.8 Å². The Morgan fingerprint density at radius 1 is 1.48 bits per heavy atom. The van der Waals surface area contributed by atoms with Crippen molar-refractivity contribution in [3.63, 3.8) is 0 Å². The van der Waals surface area contributed by atoms with Gasteiger partial charge in [0.2, 0.25) is 5.91 Å². The fraction of sp³-hybridized carbons (Fsp3) is 0.562. The SMILES string of the molecule is CC(=O)NC1CCN(c2cccc(Cl)c2CNC(C)C)C1. The quantitative estimate of drug-likeness (QED) is 0.878. The van der Waals surface area contributed by atoms with Crippen LogP contribution >= 0.6 is 11.6 Å². The number of hydrogen-bond donors (Lipinski definition) is 2. The molecule has 0 aliphatic carbocycles. The average molecular weight is 310 g/mol. The molecular weight excluding hydrogens is 286 g/mol. The van der Waals surface area contributed by atoms with Crippen molar-refractivity contribution in [2.24, 2.45) is 0 Å². The molecule has 116 valence electrons. The van der Waals surface area contributed by atoms with Crippen LogP contribution in [0.15, 0.2) is 18.2 Å². The van der Waals surface area contributed by atoms with Crippen molar-refractivity contribution >= 4 is 23.2 Å². The third-order valence-corrected chi connectivity index (χ3v) is 4.07. The number of nitrogens with one attached hydrogen (secondary N) is 2. The zero-order valence-electron chi connectivity index (χ0n) is 12.9. The van der Waals surface area contributed by atoms with Crippen LogP contribution in [0.2, 0.25) is 5.02 Å². The second-order valence-electron chi connectivity index (χ2n) is 5.91. The molecule has 1 aliphatic heterocycles. The Labute approximate surface area is 131 Å². The molecule has 0 spiro atoms. The molecule has 2 rings (SSSR count). The third kappa shape index (κ3) is 4.35. The van der Waals surface area contributed by atoms with Crippen molar-refractivity contribution in [3.8, 4) is 0 Å². The molecule has 5 heteroatoms. The molecule has 21 heavy (non-hydrogen) atoms. The maximum Gasteiger partial charge on any atom is 0.217 e. The molecule has 1 aromatic carbocycles. The van der Waals surface area contributed by atoms with Crippen LogP contribution < -0.4 is 15.5 Å². The zero-order chi connectivity index (χ0) is 15.4. The Hall–Kier alpha value is -1.26. The molecule has 0 radical (unpaired) electrons. The second-order valence-corrected chi connectivity index (χ2v) is 6.31. The molecule has 4 nitrogen and oxygen atoms in total. The molecule has 1 unspecified atom stereocenters. The van der Waals surface area contributed by atoms with Gasteiger partial charge in [-0.05, 0) is 18.6 Å². The highest BCUT2D eigenvalue weighted by molar-refractivity contribution is 6.31. The number of halogens is 1. The van der Waals surface area contributed by atoms with Crippen molar-refractivity contribution in [2.75, 3.05) is 18.0 Å². The number of carbonyl (C=O) groups excluding carboxylic acids is 1. The Bertz CT molecular complexity index is 504. The smallest absolute Gasteiger partial charge is 0.217 e. The van der Waals surface area contributed by atoms with Gasteiger partial charge in [0, 0.05) is 54.9 Å². The Morgan fingerprint density at radius 2 is 2.24 bits per heavy atom. The minimum absolute atomic E-state index is 0.0367. The lowest BCUT2D eigenvalue weighted by atomic mass is 10.1. The van der Waals surface area contributed by atoms with Crippen molar-refractivity contribution in [1.82, 2.24) is 10.6 Å². The van der Waals surface area contributed by atoms with E-state index >= 15 is 0 Å². The predicted molar refractivity (Wildman–Crippen MR) is 87.9 cm³/mol. The summed E-state index contributed by atoms with van der Waals surface area (Å²) in [4.78, 5) is 13.5. The van der Waals surface area contributed by atoms with Gasteiger partial charge in [0.25, 0.3) is 0 Å². The topological polar surface area (TPSA) is 44.4 Å². The molecule has 1 aliphatic rings. The van der Waals surface area contributed by atoms with E-state index in [4.69, 9.17) is 11.6 Å². The fourth-order valence-electron chi connectivity index (χ4n) is 2.71. The number of nitrogens with zero attached hydrogens (tertiary/aromatic N) is 1. The van der Waals surface area contributed by atoms with Crippen LogP contribution in [0.5, 0.6) is 0 Å². The first-order chi connectivity index (χ1) is 9.97. The van der Waals surface area contributed by atoms with Gasteiger partial charge in [-0.25, -0.2) is 0 Å². The van der Waals surface area contributed by atoms with E-state index in [0.717, 1.165) is 36.6 Å². The average Bonchev–Trinajstić information content (AvgIpc) is 2.84. The first kappa shape index (κ1) is 16.1. The lowest BCUT2D eigenvalue weighted by Gasteiger charge is -2.23. The van der Waals surface area contributed by atoms with Crippen LogP contribution in [-0.4, -0.2) is 31.1 Å². The highest BCUT2D eigenvalue weighted by Crippen LogP contribution is 2.30. The van der Waals surface area contributed by atoms with E-state index < -0.39 is 0 Å². The van der Waals surface area contributed by atoms with Gasteiger partial charge in [-0.2, -0.15) is 0 Å². The maximum absolute atomic E-state index is 11.2. The van der Waals surface area contributed by atoms with Gasteiger partial charge in [-0.1, -0.05) is 31.5 Å². The number of hydrogen-bond acceptors (Lipinski definition) is 3. The van der Waals surface area contributed by atoms with Gasteiger partial charge in [0.05, 0.1) is 0 Å². The summed E-state index contributed by atoms with van der Waals surface area (Å²) in [6.07, 6.45) is 0.975. The summed E-state index contributed by atoms with van der Waals surface area (Å²) in [7, 11) is 0. The molecule has 1 amide bonds. The summed E-state index contributed by atoms with van der Waals surface area (Å²) < 4.78 is 0. The van der Waals surface area contributed by atoms with E-state index in [1.54, 1.807) is 6.92 Å². The van der Waals surface area contributed by atoms with Crippen molar-refractivity contribution in [2.45, 2.75) is 45.8 Å². The molecule has 0 saturated carbocycles. The standard InChI is InChI=1S/C16H24ClN3O/c1-11(2)18-9-14-15(17)5-4-6-16(14)20-8-7-13(10-20)19-12(3)21/h4-6,11,13,18H,7-10H2,1-3H3,(H,19,21). The predicted octanol–water partition coefficient (Wildman–Crippen LogP) is 2.55. The van der Waals surface area contributed by atoms with Crippen LogP contribution in [0, 0.1) is 0 Å². The number of amides is 1. The summed E-state index contributed by atoms with van der Waals surface area (Å²) in [5.74, 6) is 0.0367. The van der Waals surface area contributed by atoms with E-state index in [-0.39, 0.29) is 11.9 Å². The summed E-state index contributed by atoms with van der Waals surface area (Å²) >= 11 is 6.38. The third-order valence-electron chi connectivity index (χ3n) is 3.72. The second kappa shape index (κ2) is 7.14. The first-order valence-electron chi connectivity index (χ1n) is 7.50. The lowest BCUT2D eigenvalue weighted by molar-refractivity contribution is -0.119. The van der Waals surface area contributed by atoms with Gasteiger partial charge in [0.15, 0.2) is 0 Å². The van der Waals surface area contributed by atoms with Crippen LogP contribution in [0.25, 0.3) is 0 Å². The van der Waals surface area contributed by atoms with Gasteiger partial charge in [0.1, 0.15) is 0 Å². The van der Waals surface area contributed by atoms with Gasteiger partial charge < -0.3 is 15.5 Å². The number of rotatable bonds is 5. The molecule has 0 bridgehead atoms. The molecule has 1 aromatic rings. The van der Waals surface area contributed by atoms with Crippen molar-refractivity contribution in [1.29, 1.82) is 0 Å². The summed E-state index contributed by atoms with van der Waals surface area (Å²) in [5, 5.41) is 7.22. The molecular formula is C16H24ClN3O. The summed E-state index contributed by atoms with van der Waals surface area (Å²) in [6.45, 7) is 8.36. The number of carbonyl (C=O) groups is 1. The fourth-order valence-corrected chi connectivity index (χ4v) is 2.95. The monoisotopic (exact) mass is 309 g/mol. The highest BCUT2D eigenvalue weighted by atomic mass is 35.5. The van der Waals surface area contributed by atoms with Gasteiger partial charge in [-0.3, -0.25) is 4.79 Å². The maximum atomic E-state index is 11.2. The Kier molecular flexibility index (Phi) is 5.48. The van der Waals surface area contributed by atoms with E-state index in [1.165, 1.54) is 5.69 Å². The van der Waals surface area contributed by atoms with Crippen molar-refractivity contribution < 1.29 is 4.79 Å². The molecule has 1 saturated heterocycles. The lowest BCUT2D eigenvalue weighted by Crippen LogP contribution is -2.35. The van der Waals surface area contributed by atoms with Crippen LogP contribution in [0.4, 0.5) is 5.69 Å². The molecule has 1 fully saturated rings. The Morgan fingerprint density at radius 3 is 2.90 bits per heavy atom. The largest absolute Gasteiger partial charge is 0.369 e. The van der Waals surface area contributed by atoms with E-state index in [1.807, 2.05) is 12.1 Å². The number of benzene rings is 1.